The fourth-order valence-electron chi connectivity index (χ4n) is 2.52. The van der Waals surface area contributed by atoms with E-state index in [4.69, 9.17) is 9.15 Å². The second kappa shape index (κ2) is 7.70. The highest BCUT2D eigenvalue weighted by atomic mass is 16.6. The SMILES string of the molecule is C[C@@H](NC1CC(NC(=O)OC(C)(C)C)C1)C(=O)NCc1ccco1. The Balaban J connectivity index is 1.61. The van der Waals surface area contributed by atoms with Crippen molar-refractivity contribution in [3.8, 4) is 0 Å². The molecular formula is C17H27N3O4. The predicted octanol–water partition coefficient (Wildman–Crippen LogP) is 1.93. The molecule has 7 heteroatoms. The van der Waals surface area contributed by atoms with Crippen LogP contribution in [0.15, 0.2) is 22.8 Å². The van der Waals surface area contributed by atoms with Gasteiger partial charge in [0.05, 0.1) is 18.8 Å². The largest absolute Gasteiger partial charge is 0.467 e. The Morgan fingerprint density at radius 1 is 1.33 bits per heavy atom. The van der Waals surface area contributed by atoms with Gasteiger partial charge in [-0.15, -0.1) is 0 Å². The van der Waals surface area contributed by atoms with E-state index in [2.05, 4.69) is 16.0 Å². The third kappa shape index (κ3) is 5.88. The van der Waals surface area contributed by atoms with E-state index < -0.39 is 11.7 Å². The van der Waals surface area contributed by atoms with Gasteiger partial charge in [0.2, 0.25) is 5.91 Å². The number of ether oxygens (including phenoxy) is 1. The van der Waals surface area contributed by atoms with Gasteiger partial charge in [-0.1, -0.05) is 0 Å². The lowest BCUT2D eigenvalue weighted by Crippen LogP contribution is -2.57. The second-order valence-electron chi connectivity index (χ2n) is 7.20. The summed E-state index contributed by atoms with van der Waals surface area (Å²) >= 11 is 0. The Morgan fingerprint density at radius 3 is 2.62 bits per heavy atom. The minimum absolute atomic E-state index is 0.0741. The molecule has 24 heavy (non-hydrogen) atoms. The van der Waals surface area contributed by atoms with Gasteiger partial charge < -0.3 is 25.1 Å². The highest BCUT2D eigenvalue weighted by Gasteiger charge is 2.33. The van der Waals surface area contributed by atoms with Crippen LogP contribution in [0.2, 0.25) is 0 Å². The van der Waals surface area contributed by atoms with Gasteiger partial charge in [-0.05, 0) is 52.7 Å². The predicted molar refractivity (Wildman–Crippen MR) is 89.3 cm³/mol. The first-order valence-electron chi connectivity index (χ1n) is 8.28. The summed E-state index contributed by atoms with van der Waals surface area (Å²) in [5.74, 6) is 0.649. The van der Waals surface area contributed by atoms with Crippen LogP contribution in [0.3, 0.4) is 0 Å². The van der Waals surface area contributed by atoms with Gasteiger partial charge in [0, 0.05) is 12.1 Å². The summed E-state index contributed by atoms with van der Waals surface area (Å²) in [7, 11) is 0. The molecule has 1 aromatic rings. The van der Waals surface area contributed by atoms with Crippen LogP contribution in [-0.2, 0) is 16.1 Å². The Morgan fingerprint density at radius 2 is 2.04 bits per heavy atom. The summed E-state index contributed by atoms with van der Waals surface area (Å²) in [4.78, 5) is 23.7. The molecule has 1 aliphatic carbocycles. The number of furan rings is 1. The van der Waals surface area contributed by atoms with E-state index in [9.17, 15) is 9.59 Å². The van der Waals surface area contributed by atoms with Gasteiger partial charge in [0.1, 0.15) is 11.4 Å². The summed E-state index contributed by atoms with van der Waals surface area (Å²) in [6.45, 7) is 7.71. The number of hydrogen-bond acceptors (Lipinski definition) is 5. The molecule has 0 unspecified atom stereocenters. The Bertz CT molecular complexity index is 545. The molecule has 2 amide bonds. The average molecular weight is 337 g/mol. The van der Waals surface area contributed by atoms with Crippen molar-refractivity contribution < 1.29 is 18.7 Å². The molecule has 1 aliphatic rings. The fraction of sp³-hybridized carbons (Fsp3) is 0.647. The Hall–Kier alpha value is -2.02. The van der Waals surface area contributed by atoms with Crippen LogP contribution in [0, 0.1) is 0 Å². The molecule has 2 rings (SSSR count). The molecule has 1 aromatic heterocycles. The van der Waals surface area contributed by atoms with Gasteiger partial charge in [0.15, 0.2) is 0 Å². The molecular weight excluding hydrogens is 310 g/mol. The van der Waals surface area contributed by atoms with E-state index in [1.807, 2.05) is 33.8 Å². The highest BCUT2D eigenvalue weighted by molar-refractivity contribution is 5.81. The molecule has 1 atom stereocenters. The zero-order valence-corrected chi connectivity index (χ0v) is 14.7. The van der Waals surface area contributed by atoms with Crippen molar-refractivity contribution in [2.24, 2.45) is 0 Å². The molecule has 134 valence electrons. The molecule has 0 aliphatic heterocycles. The number of carbonyl (C=O) groups is 2. The van der Waals surface area contributed by atoms with Crippen molar-refractivity contribution in [3.05, 3.63) is 24.2 Å². The maximum atomic E-state index is 12.0. The summed E-state index contributed by atoms with van der Waals surface area (Å²) < 4.78 is 10.4. The van der Waals surface area contributed by atoms with Crippen LogP contribution in [0.25, 0.3) is 0 Å². The van der Waals surface area contributed by atoms with Gasteiger partial charge in [-0.25, -0.2) is 4.79 Å². The van der Waals surface area contributed by atoms with E-state index >= 15 is 0 Å². The third-order valence-electron chi connectivity index (χ3n) is 3.75. The Labute approximate surface area is 142 Å². The lowest BCUT2D eigenvalue weighted by molar-refractivity contribution is -0.123. The Kier molecular flexibility index (Phi) is 5.88. The minimum Gasteiger partial charge on any atom is -0.467 e. The van der Waals surface area contributed by atoms with Crippen molar-refractivity contribution in [1.82, 2.24) is 16.0 Å². The third-order valence-corrected chi connectivity index (χ3v) is 3.75. The monoisotopic (exact) mass is 337 g/mol. The van der Waals surface area contributed by atoms with E-state index in [-0.39, 0.29) is 24.0 Å². The van der Waals surface area contributed by atoms with Crippen molar-refractivity contribution in [2.45, 2.75) is 70.8 Å². The molecule has 1 saturated carbocycles. The highest BCUT2D eigenvalue weighted by Crippen LogP contribution is 2.21. The fourth-order valence-corrected chi connectivity index (χ4v) is 2.52. The van der Waals surface area contributed by atoms with E-state index in [1.54, 1.807) is 12.3 Å². The molecule has 0 bridgehead atoms. The summed E-state index contributed by atoms with van der Waals surface area (Å²) in [6.07, 6.45) is 2.76. The zero-order chi connectivity index (χ0) is 17.7. The molecule has 1 heterocycles. The maximum absolute atomic E-state index is 12.0. The number of amides is 2. The van der Waals surface area contributed by atoms with Crippen LogP contribution >= 0.6 is 0 Å². The van der Waals surface area contributed by atoms with E-state index in [0.717, 1.165) is 18.6 Å². The topological polar surface area (TPSA) is 92.6 Å². The lowest BCUT2D eigenvalue weighted by atomic mass is 9.86. The first-order chi connectivity index (χ1) is 11.2. The molecule has 0 radical (unpaired) electrons. The van der Waals surface area contributed by atoms with Crippen molar-refractivity contribution in [3.63, 3.8) is 0 Å². The molecule has 3 N–H and O–H groups in total. The van der Waals surface area contributed by atoms with Gasteiger partial charge in [-0.2, -0.15) is 0 Å². The van der Waals surface area contributed by atoms with Crippen LogP contribution in [-0.4, -0.2) is 35.7 Å². The first-order valence-corrected chi connectivity index (χ1v) is 8.28. The van der Waals surface area contributed by atoms with Gasteiger partial charge >= 0.3 is 6.09 Å². The molecule has 0 spiro atoms. The smallest absolute Gasteiger partial charge is 0.407 e. The molecule has 1 fully saturated rings. The minimum atomic E-state index is -0.494. The lowest BCUT2D eigenvalue weighted by Gasteiger charge is -2.38. The number of nitrogens with one attached hydrogen (secondary N) is 3. The number of carbonyl (C=O) groups excluding carboxylic acids is 2. The van der Waals surface area contributed by atoms with E-state index in [1.165, 1.54) is 0 Å². The quantitative estimate of drug-likeness (QED) is 0.737. The molecule has 0 aromatic carbocycles. The zero-order valence-electron chi connectivity index (χ0n) is 14.7. The number of rotatable bonds is 6. The first kappa shape index (κ1) is 18.3. The average Bonchev–Trinajstić information content (AvgIpc) is 2.93. The number of hydrogen-bond donors (Lipinski definition) is 3. The van der Waals surface area contributed by atoms with Crippen LogP contribution in [0.1, 0.15) is 46.3 Å². The van der Waals surface area contributed by atoms with Crippen molar-refractivity contribution in [2.75, 3.05) is 0 Å². The maximum Gasteiger partial charge on any atom is 0.407 e. The normalized spacial score (nSPS) is 21.5. The van der Waals surface area contributed by atoms with Crippen LogP contribution < -0.4 is 16.0 Å². The summed E-state index contributed by atoms with van der Waals surface area (Å²) in [6, 6.07) is 3.62. The molecule has 7 nitrogen and oxygen atoms in total. The summed E-state index contributed by atoms with van der Waals surface area (Å²) in [5, 5.41) is 8.92. The van der Waals surface area contributed by atoms with Gasteiger partial charge in [-0.3, -0.25) is 4.79 Å². The van der Waals surface area contributed by atoms with E-state index in [0.29, 0.717) is 6.54 Å². The van der Waals surface area contributed by atoms with Crippen LogP contribution in [0.4, 0.5) is 4.79 Å². The summed E-state index contributed by atoms with van der Waals surface area (Å²) in [5.41, 5.74) is -0.494. The number of alkyl carbamates (subject to hydrolysis) is 1. The molecule has 0 saturated heterocycles. The van der Waals surface area contributed by atoms with Crippen LogP contribution in [0.5, 0.6) is 0 Å². The van der Waals surface area contributed by atoms with Crippen molar-refractivity contribution >= 4 is 12.0 Å². The standard InChI is InChI=1S/C17H27N3O4/c1-11(15(21)18-10-14-6-5-7-23-14)19-12-8-13(9-12)20-16(22)24-17(2,3)4/h5-7,11-13,19H,8-10H2,1-4H3,(H,18,21)(H,20,22)/t11-,12?,13?/m1/s1. The second-order valence-corrected chi connectivity index (χ2v) is 7.20. The van der Waals surface area contributed by atoms with Crippen molar-refractivity contribution in [1.29, 1.82) is 0 Å². The van der Waals surface area contributed by atoms with Gasteiger partial charge in [0.25, 0.3) is 0 Å².